The van der Waals surface area contributed by atoms with Crippen LogP contribution < -0.4 is 4.74 Å². The summed E-state index contributed by atoms with van der Waals surface area (Å²) in [5.41, 5.74) is 1.54. The van der Waals surface area contributed by atoms with Crippen molar-refractivity contribution in [3.63, 3.8) is 0 Å². The maximum Gasteiger partial charge on any atom is 0.314 e. The fourth-order valence-electron chi connectivity index (χ4n) is 3.08. The molecular weight excluding hydrogens is 521 g/mol. The summed E-state index contributed by atoms with van der Waals surface area (Å²) >= 11 is 9.71. The maximum absolute atomic E-state index is 13.4. The fraction of sp³-hybridized carbons (Fsp3) is 0. The molecule has 0 fully saturated rings. The summed E-state index contributed by atoms with van der Waals surface area (Å²) in [5, 5.41) is 15.3. The van der Waals surface area contributed by atoms with Crippen LogP contribution in [-0.2, 0) is 0 Å². The smallest absolute Gasteiger partial charge is 0.314 e. The lowest BCUT2D eigenvalue weighted by atomic mass is 10.2. The number of benzene rings is 3. The predicted molar refractivity (Wildman–Crippen MR) is 121 cm³/mol. The third kappa shape index (κ3) is 4.15. The van der Waals surface area contributed by atoms with Crippen LogP contribution in [0.5, 0.6) is 11.5 Å². The van der Waals surface area contributed by atoms with E-state index in [2.05, 4.69) is 36.0 Å². The van der Waals surface area contributed by atoms with E-state index in [0.717, 1.165) is 33.7 Å². The van der Waals surface area contributed by atoms with Crippen LogP contribution in [-0.4, -0.2) is 25.0 Å². The van der Waals surface area contributed by atoms with Gasteiger partial charge in [0.15, 0.2) is 5.82 Å². The molecule has 33 heavy (non-hydrogen) atoms. The molecule has 0 spiro atoms. The number of halogens is 3. The van der Waals surface area contributed by atoms with E-state index in [1.165, 1.54) is 12.1 Å². The number of aromatic nitrogens is 4. The molecule has 5 aromatic rings. The SMILES string of the molecule is O=[N+]([O-])c1cc(F)ccc1Oc1ccc(-c2nc(-c3nc4ccc(Br)cc4[nH]3)no2)cc1Cl. The second kappa shape index (κ2) is 8.26. The van der Waals surface area contributed by atoms with Gasteiger partial charge < -0.3 is 14.2 Å². The number of hydrogen-bond acceptors (Lipinski definition) is 7. The normalized spacial score (nSPS) is 11.1. The standard InChI is InChI=1S/C21H10BrClFN5O4/c22-11-2-4-14-15(8-11)26-19(25-14)20-27-21(33-28-20)10-1-5-17(13(23)7-10)32-18-6-3-12(24)9-16(18)29(30)31/h1-9H,(H,25,26). The lowest BCUT2D eigenvalue weighted by Crippen LogP contribution is -1.95. The number of ether oxygens (including phenoxy) is 1. The second-order valence-electron chi connectivity index (χ2n) is 6.79. The van der Waals surface area contributed by atoms with Gasteiger partial charge in [0.2, 0.25) is 11.6 Å². The van der Waals surface area contributed by atoms with Crippen molar-refractivity contribution >= 4 is 44.3 Å². The van der Waals surface area contributed by atoms with E-state index in [4.69, 9.17) is 20.9 Å². The Morgan fingerprint density at radius 2 is 1.91 bits per heavy atom. The summed E-state index contributed by atoms with van der Waals surface area (Å²) in [6.45, 7) is 0. The Morgan fingerprint density at radius 3 is 2.70 bits per heavy atom. The summed E-state index contributed by atoms with van der Waals surface area (Å²) in [4.78, 5) is 22.4. The number of imidazole rings is 1. The monoisotopic (exact) mass is 529 g/mol. The summed E-state index contributed by atoms with van der Waals surface area (Å²) < 4.78 is 25.1. The van der Waals surface area contributed by atoms with Gasteiger partial charge in [0, 0.05) is 10.0 Å². The lowest BCUT2D eigenvalue weighted by Gasteiger charge is -2.08. The number of fused-ring (bicyclic) bond motifs is 1. The molecule has 12 heteroatoms. The van der Waals surface area contributed by atoms with Gasteiger partial charge in [-0.2, -0.15) is 4.98 Å². The molecule has 1 N–H and O–H groups in total. The third-order valence-corrected chi connectivity index (χ3v) is 5.39. The molecule has 2 heterocycles. The molecule has 0 saturated carbocycles. The van der Waals surface area contributed by atoms with Crippen LogP contribution in [0.15, 0.2) is 63.6 Å². The molecule has 164 valence electrons. The molecule has 0 atom stereocenters. The van der Waals surface area contributed by atoms with Gasteiger partial charge >= 0.3 is 5.69 Å². The Hall–Kier alpha value is -3.83. The Kier molecular flexibility index (Phi) is 5.27. The van der Waals surface area contributed by atoms with Crippen molar-refractivity contribution in [3.05, 3.63) is 80.0 Å². The van der Waals surface area contributed by atoms with E-state index in [1.807, 2.05) is 18.2 Å². The minimum Gasteiger partial charge on any atom is -0.449 e. The van der Waals surface area contributed by atoms with Crippen molar-refractivity contribution in [2.75, 3.05) is 0 Å². The zero-order valence-electron chi connectivity index (χ0n) is 16.3. The molecule has 0 bridgehead atoms. The topological polar surface area (TPSA) is 120 Å². The minimum atomic E-state index is -0.750. The molecule has 5 rings (SSSR count). The number of aromatic amines is 1. The van der Waals surface area contributed by atoms with E-state index in [-0.39, 0.29) is 28.2 Å². The molecular formula is C21H10BrClFN5O4. The van der Waals surface area contributed by atoms with E-state index in [9.17, 15) is 14.5 Å². The van der Waals surface area contributed by atoms with Crippen LogP contribution in [0.4, 0.5) is 10.1 Å². The average Bonchev–Trinajstić information content (AvgIpc) is 3.43. The van der Waals surface area contributed by atoms with Crippen LogP contribution in [0.3, 0.4) is 0 Å². The molecule has 0 amide bonds. The first-order valence-corrected chi connectivity index (χ1v) is 10.5. The molecule has 0 aliphatic carbocycles. The number of nitrogens with zero attached hydrogens (tertiary/aromatic N) is 4. The quantitative estimate of drug-likeness (QED) is 0.202. The maximum atomic E-state index is 13.4. The third-order valence-electron chi connectivity index (χ3n) is 4.60. The van der Waals surface area contributed by atoms with Crippen molar-refractivity contribution in [2.45, 2.75) is 0 Å². The van der Waals surface area contributed by atoms with Gasteiger partial charge in [-0.25, -0.2) is 9.37 Å². The molecule has 0 radical (unpaired) electrons. The first-order chi connectivity index (χ1) is 15.9. The Morgan fingerprint density at radius 1 is 1.09 bits per heavy atom. The van der Waals surface area contributed by atoms with Gasteiger partial charge in [0.1, 0.15) is 11.6 Å². The second-order valence-corrected chi connectivity index (χ2v) is 8.11. The Balaban J connectivity index is 1.42. The van der Waals surface area contributed by atoms with Crippen LogP contribution in [0, 0.1) is 15.9 Å². The highest BCUT2D eigenvalue weighted by Gasteiger charge is 2.19. The van der Waals surface area contributed by atoms with Gasteiger partial charge in [-0.1, -0.05) is 32.7 Å². The zero-order chi connectivity index (χ0) is 23.1. The molecule has 0 aliphatic heterocycles. The van der Waals surface area contributed by atoms with E-state index >= 15 is 0 Å². The van der Waals surface area contributed by atoms with Gasteiger partial charge in [0.05, 0.1) is 27.0 Å². The molecule has 2 aromatic heterocycles. The lowest BCUT2D eigenvalue weighted by molar-refractivity contribution is -0.385. The molecule has 3 aromatic carbocycles. The van der Waals surface area contributed by atoms with Crippen molar-refractivity contribution < 1.29 is 18.6 Å². The van der Waals surface area contributed by atoms with Crippen molar-refractivity contribution in [3.8, 4) is 34.6 Å². The number of rotatable bonds is 5. The number of H-pyrrole nitrogens is 1. The van der Waals surface area contributed by atoms with Crippen molar-refractivity contribution in [1.29, 1.82) is 0 Å². The number of nitro groups is 1. The van der Waals surface area contributed by atoms with Crippen molar-refractivity contribution in [1.82, 2.24) is 20.1 Å². The Labute approximate surface area is 197 Å². The average molecular weight is 531 g/mol. The van der Waals surface area contributed by atoms with E-state index in [0.29, 0.717) is 11.4 Å². The first-order valence-electron chi connectivity index (χ1n) is 9.28. The van der Waals surface area contributed by atoms with Gasteiger partial charge in [-0.3, -0.25) is 10.1 Å². The van der Waals surface area contributed by atoms with Gasteiger partial charge in [-0.05, 0) is 48.5 Å². The first kappa shape index (κ1) is 21.0. The summed E-state index contributed by atoms with van der Waals surface area (Å²) in [6, 6.07) is 13.2. The highest BCUT2D eigenvalue weighted by molar-refractivity contribution is 9.10. The summed E-state index contributed by atoms with van der Waals surface area (Å²) in [7, 11) is 0. The molecule has 0 unspecified atom stereocenters. The van der Waals surface area contributed by atoms with Crippen LogP contribution >= 0.6 is 27.5 Å². The molecule has 9 nitrogen and oxygen atoms in total. The van der Waals surface area contributed by atoms with Crippen molar-refractivity contribution in [2.24, 2.45) is 0 Å². The summed E-state index contributed by atoms with van der Waals surface area (Å²) in [5.74, 6) is 0.126. The fourth-order valence-corrected chi connectivity index (χ4v) is 3.66. The largest absolute Gasteiger partial charge is 0.449 e. The van der Waals surface area contributed by atoms with Gasteiger partial charge in [-0.15, -0.1) is 0 Å². The van der Waals surface area contributed by atoms with Crippen LogP contribution in [0.1, 0.15) is 0 Å². The van der Waals surface area contributed by atoms with E-state index < -0.39 is 16.4 Å². The molecule has 0 aliphatic rings. The highest BCUT2D eigenvalue weighted by atomic mass is 79.9. The van der Waals surface area contributed by atoms with Gasteiger partial charge in [0.25, 0.3) is 5.89 Å². The van der Waals surface area contributed by atoms with E-state index in [1.54, 1.807) is 6.07 Å². The number of hydrogen-bond donors (Lipinski definition) is 1. The van der Waals surface area contributed by atoms with Crippen LogP contribution in [0.2, 0.25) is 5.02 Å². The Bertz CT molecular complexity index is 1540. The predicted octanol–water partition coefficient (Wildman–Crippen LogP) is 6.54. The molecule has 0 saturated heterocycles. The summed E-state index contributed by atoms with van der Waals surface area (Å²) in [6.07, 6.45) is 0. The van der Waals surface area contributed by atoms with Crippen LogP contribution in [0.25, 0.3) is 34.1 Å². The number of nitrogens with one attached hydrogen (secondary N) is 1. The highest BCUT2D eigenvalue weighted by Crippen LogP contribution is 2.37. The zero-order valence-corrected chi connectivity index (χ0v) is 18.6. The number of nitro benzene ring substituents is 1. The minimum absolute atomic E-state index is 0.137.